The number of nitrogens with one attached hydrogen (secondary N) is 2. The number of hydrogen-bond donors (Lipinski definition) is 2. The van der Waals surface area contributed by atoms with Crippen molar-refractivity contribution in [3.05, 3.63) is 45.7 Å². The van der Waals surface area contributed by atoms with Gasteiger partial charge in [0.25, 0.3) is 5.56 Å². The number of H-pyrrole nitrogens is 1. The number of thiocarbonyl (C=S) groups is 1. The van der Waals surface area contributed by atoms with Gasteiger partial charge in [-0.2, -0.15) is 0 Å². The van der Waals surface area contributed by atoms with Gasteiger partial charge in [-0.25, -0.2) is 0 Å². The van der Waals surface area contributed by atoms with Crippen molar-refractivity contribution in [2.24, 2.45) is 0 Å². The normalized spacial score (nSPS) is 14.8. The summed E-state index contributed by atoms with van der Waals surface area (Å²) in [6, 6.07) is 8.70. The zero-order valence-corrected chi connectivity index (χ0v) is 15.9. The molecule has 1 fully saturated rings. The third kappa shape index (κ3) is 4.03. The number of benzene rings is 1. The SMILES string of the molecule is CCNC(=S)N(Cc1cc2cc(CC)ccc2[nH]c1=O)C1CCCC1. The lowest BCUT2D eigenvalue weighted by atomic mass is 10.1. The van der Waals surface area contributed by atoms with Gasteiger partial charge in [-0.05, 0) is 67.6 Å². The quantitative estimate of drug-likeness (QED) is 0.801. The first-order chi connectivity index (χ1) is 12.1. The van der Waals surface area contributed by atoms with E-state index in [2.05, 4.69) is 34.3 Å². The molecular weight excluding hydrogens is 330 g/mol. The molecule has 2 N–H and O–H groups in total. The van der Waals surface area contributed by atoms with Crippen LogP contribution in [0.1, 0.15) is 50.7 Å². The predicted molar refractivity (Wildman–Crippen MR) is 108 cm³/mol. The fourth-order valence-electron chi connectivity index (χ4n) is 3.66. The number of pyridine rings is 1. The van der Waals surface area contributed by atoms with Crippen LogP contribution in [-0.4, -0.2) is 27.6 Å². The Hall–Kier alpha value is -1.88. The van der Waals surface area contributed by atoms with Crippen LogP contribution in [0.5, 0.6) is 0 Å². The van der Waals surface area contributed by atoms with E-state index in [0.29, 0.717) is 12.6 Å². The minimum Gasteiger partial charge on any atom is -0.363 e. The Labute approximate surface area is 154 Å². The molecule has 5 heteroatoms. The highest BCUT2D eigenvalue weighted by Gasteiger charge is 2.25. The average Bonchev–Trinajstić information content (AvgIpc) is 3.13. The van der Waals surface area contributed by atoms with E-state index in [-0.39, 0.29) is 5.56 Å². The third-order valence-electron chi connectivity index (χ3n) is 5.09. The molecular formula is C20H27N3OS. The topological polar surface area (TPSA) is 48.1 Å². The van der Waals surface area contributed by atoms with Crippen LogP contribution in [0.15, 0.2) is 29.1 Å². The summed E-state index contributed by atoms with van der Waals surface area (Å²) < 4.78 is 0. The summed E-state index contributed by atoms with van der Waals surface area (Å²) in [5.41, 5.74) is 2.95. The van der Waals surface area contributed by atoms with E-state index >= 15 is 0 Å². The molecule has 1 saturated carbocycles. The molecule has 3 rings (SSSR count). The van der Waals surface area contributed by atoms with Crippen LogP contribution >= 0.6 is 12.2 Å². The first kappa shape index (κ1) is 17.9. The molecule has 0 bridgehead atoms. The zero-order chi connectivity index (χ0) is 17.8. The van der Waals surface area contributed by atoms with E-state index in [1.54, 1.807) is 0 Å². The molecule has 0 spiro atoms. The van der Waals surface area contributed by atoms with Crippen LogP contribution in [-0.2, 0) is 13.0 Å². The molecule has 0 saturated heterocycles. The average molecular weight is 358 g/mol. The van der Waals surface area contributed by atoms with Gasteiger partial charge in [0.05, 0.1) is 6.54 Å². The van der Waals surface area contributed by atoms with E-state index < -0.39 is 0 Å². The number of aromatic amines is 1. The minimum absolute atomic E-state index is 0.0148. The Balaban J connectivity index is 1.93. The molecule has 1 aromatic carbocycles. The van der Waals surface area contributed by atoms with Crippen LogP contribution in [0, 0.1) is 0 Å². The maximum absolute atomic E-state index is 12.6. The van der Waals surface area contributed by atoms with E-state index in [1.165, 1.54) is 18.4 Å². The highest BCUT2D eigenvalue weighted by molar-refractivity contribution is 7.80. The van der Waals surface area contributed by atoms with Gasteiger partial charge in [0.1, 0.15) is 0 Å². The van der Waals surface area contributed by atoms with Crippen molar-refractivity contribution >= 4 is 28.2 Å². The number of nitrogens with zero attached hydrogens (tertiary/aromatic N) is 1. The molecule has 0 radical (unpaired) electrons. The van der Waals surface area contributed by atoms with Gasteiger partial charge in [0.15, 0.2) is 5.11 Å². The number of aromatic nitrogens is 1. The van der Waals surface area contributed by atoms with Gasteiger partial charge in [-0.15, -0.1) is 0 Å². The standard InChI is InChI=1S/C20H27N3OS/c1-3-14-9-10-18-15(11-14)12-16(19(24)22-18)13-23(20(25)21-4-2)17-7-5-6-8-17/h9-12,17H,3-8,13H2,1-2H3,(H,21,25)(H,22,24). The van der Waals surface area contributed by atoms with E-state index in [0.717, 1.165) is 47.4 Å². The number of aryl methyl sites for hydroxylation is 1. The van der Waals surface area contributed by atoms with Crippen LogP contribution < -0.4 is 10.9 Å². The van der Waals surface area contributed by atoms with E-state index in [9.17, 15) is 4.79 Å². The van der Waals surface area contributed by atoms with Crippen molar-refractivity contribution in [1.82, 2.24) is 15.2 Å². The summed E-state index contributed by atoms with van der Waals surface area (Å²) in [7, 11) is 0. The fraction of sp³-hybridized carbons (Fsp3) is 0.500. The molecule has 4 nitrogen and oxygen atoms in total. The van der Waals surface area contributed by atoms with Crippen molar-refractivity contribution in [3.63, 3.8) is 0 Å². The Kier molecular flexibility index (Phi) is 5.74. The Bertz CT molecular complexity index is 808. The van der Waals surface area contributed by atoms with Crippen LogP contribution in [0.3, 0.4) is 0 Å². The molecule has 0 amide bonds. The summed E-state index contributed by atoms with van der Waals surface area (Å²) in [6.45, 7) is 5.56. The zero-order valence-electron chi connectivity index (χ0n) is 15.1. The highest BCUT2D eigenvalue weighted by atomic mass is 32.1. The second-order valence-electron chi connectivity index (χ2n) is 6.80. The first-order valence-corrected chi connectivity index (χ1v) is 9.72. The number of rotatable bonds is 5. The summed E-state index contributed by atoms with van der Waals surface area (Å²) in [5.74, 6) is 0. The Morgan fingerprint density at radius 3 is 2.72 bits per heavy atom. The van der Waals surface area contributed by atoms with Crippen molar-refractivity contribution in [3.8, 4) is 0 Å². The molecule has 0 atom stereocenters. The fourth-order valence-corrected chi connectivity index (χ4v) is 4.02. The lowest BCUT2D eigenvalue weighted by Gasteiger charge is -2.31. The maximum Gasteiger partial charge on any atom is 0.253 e. The lowest BCUT2D eigenvalue weighted by Crippen LogP contribution is -2.45. The van der Waals surface area contributed by atoms with Gasteiger partial charge in [0, 0.05) is 23.7 Å². The van der Waals surface area contributed by atoms with Crippen molar-refractivity contribution in [2.75, 3.05) is 6.54 Å². The summed E-state index contributed by atoms with van der Waals surface area (Å²) in [6.07, 6.45) is 5.77. The van der Waals surface area contributed by atoms with Crippen LogP contribution in [0.25, 0.3) is 10.9 Å². The van der Waals surface area contributed by atoms with E-state index in [4.69, 9.17) is 12.2 Å². The van der Waals surface area contributed by atoms with Gasteiger partial charge in [0.2, 0.25) is 0 Å². The molecule has 0 unspecified atom stereocenters. The largest absolute Gasteiger partial charge is 0.363 e. The molecule has 1 aliphatic carbocycles. The van der Waals surface area contributed by atoms with Crippen molar-refractivity contribution in [1.29, 1.82) is 0 Å². The second-order valence-corrected chi connectivity index (χ2v) is 7.19. The predicted octanol–water partition coefficient (Wildman–Crippen LogP) is 3.73. The Morgan fingerprint density at radius 2 is 2.04 bits per heavy atom. The first-order valence-electron chi connectivity index (χ1n) is 9.31. The molecule has 1 aliphatic rings. The monoisotopic (exact) mass is 357 g/mol. The van der Waals surface area contributed by atoms with Crippen LogP contribution in [0.4, 0.5) is 0 Å². The number of fused-ring (bicyclic) bond motifs is 1. The van der Waals surface area contributed by atoms with Gasteiger partial charge < -0.3 is 15.2 Å². The summed E-state index contributed by atoms with van der Waals surface area (Å²) in [4.78, 5) is 17.8. The summed E-state index contributed by atoms with van der Waals surface area (Å²) in [5, 5.41) is 5.12. The molecule has 1 heterocycles. The van der Waals surface area contributed by atoms with Gasteiger partial charge >= 0.3 is 0 Å². The molecule has 0 aliphatic heterocycles. The van der Waals surface area contributed by atoms with Gasteiger partial charge in [-0.1, -0.05) is 25.8 Å². The molecule has 25 heavy (non-hydrogen) atoms. The lowest BCUT2D eigenvalue weighted by molar-refractivity contribution is 0.303. The van der Waals surface area contributed by atoms with Crippen molar-refractivity contribution < 1.29 is 0 Å². The maximum atomic E-state index is 12.6. The van der Waals surface area contributed by atoms with Crippen molar-refractivity contribution in [2.45, 2.75) is 58.5 Å². The molecule has 134 valence electrons. The van der Waals surface area contributed by atoms with E-state index in [1.807, 2.05) is 19.1 Å². The van der Waals surface area contributed by atoms with Gasteiger partial charge in [-0.3, -0.25) is 4.79 Å². The highest BCUT2D eigenvalue weighted by Crippen LogP contribution is 2.25. The second kappa shape index (κ2) is 8.00. The smallest absolute Gasteiger partial charge is 0.253 e. The third-order valence-corrected chi connectivity index (χ3v) is 5.47. The Morgan fingerprint density at radius 1 is 1.28 bits per heavy atom. The molecule has 2 aromatic rings. The summed E-state index contributed by atoms with van der Waals surface area (Å²) >= 11 is 5.59. The minimum atomic E-state index is -0.0148. The number of hydrogen-bond acceptors (Lipinski definition) is 2. The van der Waals surface area contributed by atoms with Crippen LogP contribution in [0.2, 0.25) is 0 Å². The molecule has 1 aromatic heterocycles.